The summed E-state index contributed by atoms with van der Waals surface area (Å²) < 4.78 is 1.90. The van der Waals surface area contributed by atoms with Gasteiger partial charge in [-0.1, -0.05) is 26.1 Å². The van der Waals surface area contributed by atoms with Crippen LogP contribution in [0.5, 0.6) is 0 Å². The number of nitrogens with two attached hydrogens (primary N) is 1. The van der Waals surface area contributed by atoms with Crippen LogP contribution in [0.2, 0.25) is 0 Å². The van der Waals surface area contributed by atoms with Crippen molar-refractivity contribution in [3.05, 3.63) is 24.2 Å². The van der Waals surface area contributed by atoms with Gasteiger partial charge >= 0.3 is 0 Å². The highest BCUT2D eigenvalue weighted by Gasteiger charge is 2.17. The third-order valence-corrected chi connectivity index (χ3v) is 3.68. The zero-order valence-corrected chi connectivity index (χ0v) is 13.9. The van der Waals surface area contributed by atoms with Crippen molar-refractivity contribution in [2.24, 2.45) is 5.73 Å². The molecule has 21 heavy (non-hydrogen) atoms. The first-order valence-electron chi connectivity index (χ1n) is 7.29. The molecule has 2 aromatic rings. The molecule has 2 aromatic heterocycles. The van der Waals surface area contributed by atoms with Crippen molar-refractivity contribution in [2.45, 2.75) is 46.1 Å². The maximum atomic E-state index is 5.64. The molecule has 0 bridgehead atoms. The van der Waals surface area contributed by atoms with Gasteiger partial charge in [0, 0.05) is 31.4 Å². The highest BCUT2D eigenvalue weighted by Crippen LogP contribution is 2.24. The van der Waals surface area contributed by atoms with E-state index in [-0.39, 0.29) is 0 Å². The summed E-state index contributed by atoms with van der Waals surface area (Å²) >= 11 is 5.00. The van der Waals surface area contributed by atoms with E-state index in [1.807, 2.05) is 10.7 Å². The fourth-order valence-corrected chi connectivity index (χ4v) is 2.36. The predicted octanol–water partition coefficient (Wildman–Crippen LogP) is 2.74. The Kier molecular flexibility index (Phi) is 4.77. The van der Waals surface area contributed by atoms with Crippen LogP contribution in [0.15, 0.2) is 18.5 Å². The Morgan fingerprint density at radius 1 is 1.38 bits per heavy atom. The number of hydrogen-bond donors (Lipinski definition) is 1. The lowest BCUT2D eigenvalue weighted by Gasteiger charge is -2.28. The van der Waals surface area contributed by atoms with Gasteiger partial charge in [0.25, 0.3) is 0 Å². The molecule has 0 aliphatic rings. The van der Waals surface area contributed by atoms with Gasteiger partial charge in [-0.05, 0) is 25.8 Å². The van der Waals surface area contributed by atoms with E-state index in [0.717, 1.165) is 23.6 Å². The van der Waals surface area contributed by atoms with Crippen LogP contribution in [0.4, 0.5) is 5.82 Å². The van der Waals surface area contributed by atoms with Crippen molar-refractivity contribution < 1.29 is 0 Å². The molecule has 2 rings (SSSR count). The van der Waals surface area contributed by atoms with Crippen molar-refractivity contribution in [3.63, 3.8) is 0 Å². The summed E-state index contributed by atoms with van der Waals surface area (Å²) in [6.45, 7) is 9.33. The van der Waals surface area contributed by atoms with Gasteiger partial charge in [-0.3, -0.25) is 0 Å². The predicted molar refractivity (Wildman–Crippen MR) is 91.0 cm³/mol. The second kappa shape index (κ2) is 6.39. The second-order valence-electron chi connectivity index (χ2n) is 5.81. The SMILES string of the molecule is CC(C)c1cc2c(N(CCC(N)=S)C(C)C)nccn2n1. The standard InChI is InChI=1S/C15H23N5S/c1-10(2)12-9-13-15(17-6-8-20(13)18-12)19(11(3)4)7-5-14(16)21/h6,8-11H,5,7H2,1-4H3,(H2,16,21). The van der Waals surface area contributed by atoms with Gasteiger partial charge in [-0.2, -0.15) is 5.10 Å². The fraction of sp³-hybridized carbons (Fsp3) is 0.533. The molecule has 0 fully saturated rings. The molecule has 6 heteroatoms. The Bertz CT molecular complexity index is 632. The maximum Gasteiger partial charge on any atom is 0.154 e. The topological polar surface area (TPSA) is 59.5 Å². The van der Waals surface area contributed by atoms with Crippen molar-refractivity contribution >= 4 is 28.5 Å². The minimum absolute atomic E-state index is 0.315. The molecule has 0 saturated heterocycles. The zero-order chi connectivity index (χ0) is 15.6. The molecule has 0 aromatic carbocycles. The van der Waals surface area contributed by atoms with Gasteiger partial charge in [0.1, 0.15) is 5.52 Å². The molecule has 5 nitrogen and oxygen atoms in total. The largest absolute Gasteiger partial charge is 0.393 e. The van der Waals surface area contributed by atoms with Crippen LogP contribution in [0.1, 0.15) is 45.7 Å². The molecule has 0 unspecified atom stereocenters. The molecule has 0 aliphatic heterocycles. The Balaban J connectivity index is 2.44. The molecule has 0 radical (unpaired) electrons. The molecule has 0 amide bonds. The van der Waals surface area contributed by atoms with E-state index in [1.165, 1.54) is 0 Å². The molecular weight excluding hydrogens is 282 g/mol. The molecule has 2 N–H and O–H groups in total. The molecular formula is C15H23N5S. The molecule has 114 valence electrons. The summed E-state index contributed by atoms with van der Waals surface area (Å²) in [5, 5.41) is 4.61. The van der Waals surface area contributed by atoms with E-state index >= 15 is 0 Å². The van der Waals surface area contributed by atoms with Gasteiger partial charge in [0.05, 0.1) is 10.7 Å². The number of fused-ring (bicyclic) bond motifs is 1. The van der Waals surface area contributed by atoms with E-state index in [2.05, 4.69) is 48.7 Å². The first kappa shape index (κ1) is 15.7. The average molecular weight is 305 g/mol. The quantitative estimate of drug-likeness (QED) is 0.832. The summed E-state index contributed by atoms with van der Waals surface area (Å²) in [6, 6.07) is 2.43. The van der Waals surface area contributed by atoms with Crippen LogP contribution in [-0.4, -0.2) is 32.2 Å². The number of nitrogens with zero attached hydrogens (tertiary/aromatic N) is 4. The van der Waals surface area contributed by atoms with Crippen LogP contribution in [0.3, 0.4) is 0 Å². The molecule has 2 heterocycles. The lowest BCUT2D eigenvalue weighted by Crippen LogP contribution is -2.34. The first-order valence-corrected chi connectivity index (χ1v) is 7.70. The smallest absolute Gasteiger partial charge is 0.154 e. The van der Waals surface area contributed by atoms with Gasteiger partial charge in [0.2, 0.25) is 0 Å². The first-order chi connectivity index (χ1) is 9.90. The average Bonchev–Trinajstić information content (AvgIpc) is 2.83. The van der Waals surface area contributed by atoms with E-state index in [4.69, 9.17) is 18.0 Å². The normalized spacial score (nSPS) is 11.5. The summed E-state index contributed by atoms with van der Waals surface area (Å²) in [5.41, 5.74) is 7.74. The third kappa shape index (κ3) is 3.50. The Hall–Kier alpha value is -1.69. The van der Waals surface area contributed by atoms with Gasteiger partial charge in [-0.15, -0.1) is 0 Å². The second-order valence-corrected chi connectivity index (χ2v) is 6.33. The van der Waals surface area contributed by atoms with Crippen LogP contribution in [0, 0.1) is 0 Å². The van der Waals surface area contributed by atoms with Gasteiger partial charge in [0.15, 0.2) is 5.82 Å². The van der Waals surface area contributed by atoms with Crippen LogP contribution < -0.4 is 10.6 Å². The van der Waals surface area contributed by atoms with E-state index in [1.54, 1.807) is 6.20 Å². The zero-order valence-electron chi connectivity index (χ0n) is 13.1. The fourth-order valence-electron chi connectivity index (χ4n) is 2.27. The van der Waals surface area contributed by atoms with E-state index in [0.29, 0.717) is 23.4 Å². The minimum atomic E-state index is 0.315. The highest BCUT2D eigenvalue weighted by molar-refractivity contribution is 7.80. The van der Waals surface area contributed by atoms with Gasteiger partial charge in [-0.25, -0.2) is 9.50 Å². The Morgan fingerprint density at radius 2 is 2.10 bits per heavy atom. The third-order valence-electron chi connectivity index (χ3n) is 3.47. The maximum absolute atomic E-state index is 5.64. The van der Waals surface area contributed by atoms with E-state index in [9.17, 15) is 0 Å². The summed E-state index contributed by atoms with van der Waals surface area (Å²) in [7, 11) is 0. The van der Waals surface area contributed by atoms with Crippen LogP contribution in [-0.2, 0) is 0 Å². The lowest BCUT2D eigenvalue weighted by molar-refractivity contribution is 0.680. The number of rotatable bonds is 6. The van der Waals surface area contributed by atoms with E-state index < -0.39 is 0 Å². The van der Waals surface area contributed by atoms with Crippen LogP contribution in [0.25, 0.3) is 5.52 Å². The van der Waals surface area contributed by atoms with Crippen molar-refractivity contribution in [1.82, 2.24) is 14.6 Å². The van der Waals surface area contributed by atoms with Gasteiger partial charge < -0.3 is 10.6 Å². The number of aromatic nitrogens is 3. The van der Waals surface area contributed by atoms with Crippen LogP contribution >= 0.6 is 12.2 Å². The Morgan fingerprint density at radius 3 is 2.67 bits per heavy atom. The van der Waals surface area contributed by atoms with Crippen molar-refractivity contribution in [1.29, 1.82) is 0 Å². The number of thiocarbonyl (C=S) groups is 1. The summed E-state index contributed by atoms with van der Waals surface area (Å²) in [5.74, 6) is 1.32. The number of hydrogen-bond acceptors (Lipinski definition) is 4. The van der Waals surface area contributed by atoms with Crippen molar-refractivity contribution in [3.8, 4) is 0 Å². The molecule has 0 spiro atoms. The molecule has 0 saturated carbocycles. The summed E-state index contributed by atoms with van der Waals surface area (Å²) in [6.07, 6.45) is 4.35. The van der Waals surface area contributed by atoms with Crippen molar-refractivity contribution in [2.75, 3.05) is 11.4 Å². The molecule has 0 aliphatic carbocycles. The Labute approximate surface area is 131 Å². The number of anilines is 1. The monoisotopic (exact) mass is 305 g/mol. The molecule has 0 atom stereocenters. The minimum Gasteiger partial charge on any atom is -0.393 e. The lowest BCUT2D eigenvalue weighted by atomic mass is 10.1. The highest BCUT2D eigenvalue weighted by atomic mass is 32.1. The summed E-state index contributed by atoms with van der Waals surface area (Å²) in [4.78, 5) is 7.31.